The Kier molecular flexibility index (Phi) is 6.42. The van der Waals surface area contributed by atoms with Crippen LogP contribution in [0.1, 0.15) is 5.56 Å². The van der Waals surface area contributed by atoms with Crippen LogP contribution >= 0.6 is 23.2 Å². The van der Waals surface area contributed by atoms with Gasteiger partial charge in [-0.05, 0) is 24.6 Å². The Hall–Kier alpha value is -0.860. The maximum Gasteiger partial charge on any atom is 0.329 e. The largest absolute Gasteiger partial charge is 0.480 e. The highest BCUT2D eigenvalue weighted by Crippen LogP contribution is 2.29. The fourth-order valence-corrected chi connectivity index (χ4v) is 3.43. The van der Waals surface area contributed by atoms with Gasteiger partial charge in [-0.25, -0.2) is 13.2 Å². The SMILES string of the molecule is Cc1cc(S(=O)(=O)N(C)CCOCC(=O)O)c(Cl)cc1Cl. The molecule has 0 radical (unpaired) electrons. The number of hydrogen-bond acceptors (Lipinski definition) is 4. The number of carboxylic acid groups (broad SMARTS) is 1. The molecule has 9 heteroatoms. The standard InChI is InChI=1S/C12H15Cl2NO5S/c1-8-5-11(10(14)6-9(8)13)21(18,19)15(2)3-4-20-7-12(16)17/h5-6H,3-4,7H2,1-2H3,(H,16,17). The van der Waals surface area contributed by atoms with Gasteiger partial charge in [0.15, 0.2) is 0 Å². The highest BCUT2D eigenvalue weighted by molar-refractivity contribution is 7.89. The zero-order valence-corrected chi connectivity index (χ0v) is 13.8. The Morgan fingerprint density at radius 1 is 1.33 bits per heavy atom. The summed E-state index contributed by atoms with van der Waals surface area (Å²) in [5, 5.41) is 8.84. The third-order valence-corrected chi connectivity index (χ3v) is 5.41. The first kappa shape index (κ1) is 18.2. The molecule has 0 bridgehead atoms. The summed E-state index contributed by atoms with van der Waals surface area (Å²) in [5.74, 6) is -1.11. The second-order valence-corrected chi connectivity index (χ2v) is 7.13. The molecule has 0 fully saturated rings. The Morgan fingerprint density at radius 3 is 2.52 bits per heavy atom. The van der Waals surface area contributed by atoms with Crippen molar-refractivity contribution in [1.82, 2.24) is 4.31 Å². The van der Waals surface area contributed by atoms with E-state index in [-0.39, 0.29) is 23.1 Å². The number of carbonyl (C=O) groups is 1. The zero-order chi connectivity index (χ0) is 16.2. The van der Waals surface area contributed by atoms with Crippen LogP contribution in [0.5, 0.6) is 0 Å². The van der Waals surface area contributed by atoms with E-state index in [1.54, 1.807) is 6.92 Å². The molecule has 0 aromatic heterocycles. The second-order valence-electron chi connectivity index (χ2n) is 4.30. The topological polar surface area (TPSA) is 83.9 Å². The second kappa shape index (κ2) is 7.42. The first-order chi connectivity index (χ1) is 9.66. The maximum atomic E-state index is 12.4. The van der Waals surface area contributed by atoms with Gasteiger partial charge in [0.1, 0.15) is 11.5 Å². The minimum absolute atomic E-state index is 0.00756. The van der Waals surface area contributed by atoms with E-state index in [1.165, 1.54) is 19.2 Å². The maximum absolute atomic E-state index is 12.4. The van der Waals surface area contributed by atoms with Gasteiger partial charge >= 0.3 is 5.97 Å². The number of carboxylic acids is 1. The zero-order valence-electron chi connectivity index (χ0n) is 11.5. The van der Waals surface area contributed by atoms with Gasteiger partial charge in [0.05, 0.1) is 11.6 Å². The fourth-order valence-electron chi connectivity index (χ4n) is 1.47. The lowest BCUT2D eigenvalue weighted by Crippen LogP contribution is -2.31. The van der Waals surface area contributed by atoms with E-state index >= 15 is 0 Å². The van der Waals surface area contributed by atoms with Crippen molar-refractivity contribution < 1.29 is 23.1 Å². The summed E-state index contributed by atoms with van der Waals surface area (Å²) in [6.07, 6.45) is 0. The van der Waals surface area contributed by atoms with Crippen molar-refractivity contribution in [2.24, 2.45) is 0 Å². The van der Waals surface area contributed by atoms with Crippen molar-refractivity contribution in [2.75, 3.05) is 26.8 Å². The van der Waals surface area contributed by atoms with Gasteiger partial charge < -0.3 is 9.84 Å². The number of benzene rings is 1. The summed E-state index contributed by atoms with van der Waals surface area (Å²) >= 11 is 11.8. The van der Waals surface area contributed by atoms with E-state index < -0.39 is 22.6 Å². The summed E-state index contributed by atoms with van der Waals surface area (Å²) < 4.78 is 30.6. The van der Waals surface area contributed by atoms with Crippen molar-refractivity contribution in [2.45, 2.75) is 11.8 Å². The first-order valence-electron chi connectivity index (χ1n) is 5.87. The average molecular weight is 356 g/mol. The number of aliphatic carboxylic acids is 1. The number of halogens is 2. The van der Waals surface area contributed by atoms with Crippen LogP contribution in [0.25, 0.3) is 0 Å². The smallest absolute Gasteiger partial charge is 0.329 e. The molecule has 118 valence electrons. The Labute approximate surface area is 133 Å². The van der Waals surface area contributed by atoms with Crippen LogP contribution in [0.2, 0.25) is 10.0 Å². The van der Waals surface area contributed by atoms with Crippen LogP contribution in [0.15, 0.2) is 17.0 Å². The lowest BCUT2D eigenvalue weighted by Gasteiger charge is -2.18. The quantitative estimate of drug-likeness (QED) is 0.756. The molecule has 1 aromatic carbocycles. The van der Waals surface area contributed by atoms with E-state index in [9.17, 15) is 13.2 Å². The number of ether oxygens (including phenoxy) is 1. The molecule has 0 atom stereocenters. The van der Waals surface area contributed by atoms with Gasteiger partial charge in [0.2, 0.25) is 10.0 Å². The molecule has 0 aliphatic heterocycles. The minimum Gasteiger partial charge on any atom is -0.480 e. The van der Waals surface area contributed by atoms with Crippen molar-refractivity contribution in [3.05, 3.63) is 27.7 Å². The van der Waals surface area contributed by atoms with Crippen LogP contribution in [-0.2, 0) is 19.6 Å². The van der Waals surface area contributed by atoms with Crippen molar-refractivity contribution in [3.63, 3.8) is 0 Å². The molecule has 1 N–H and O–H groups in total. The van der Waals surface area contributed by atoms with Crippen LogP contribution < -0.4 is 0 Å². The average Bonchev–Trinajstić information content (AvgIpc) is 2.38. The summed E-state index contributed by atoms with van der Waals surface area (Å²) in [5.41, 5.74) is 0.593. The molecule has 0 spiro atoms. The van der Waals surface area contributed by atoms with Crippen molar-refractivity contribution in [3.8, 4) is 0 Å². The fraction of sp³-hybridized carbons (Fsp3) is 0.417. The molecule has 0 aliphatic rings. The van der Waals surface area contributed by atoms with Crippen molar-refractivity contribution >= 4 is 39.2 Å². The Balaban J connectivity index is 2.85. The number of rotatable bonds is 7. The van der Waals surface area contributed by atoms with Crippen molar-refractivity contribution in [1.29, 1.82) is 0 Å². The number of nitrogens with zero attached hydrogens (tertiary/aromatic N) is 1. The molecule has 0 aliphatic carbocycles. The van der Waals surface area contributed by atoms with E-state index in [0.717, 1.165) is 4.31 Å². The Bertz CT molecular complexity index is 633. The van der Waals surface area contributed by atoms with Gasteiger partial charge in [0, 0.05) is 18.6 Å². The number of sulfonamides is 1. The lowest BCUT2D eigenvalue weighted by atomic mass is 10.2. The highest BCUT2D eigenvalue weighted by Gasteiger charge is 2.24. The summed E-state index contributed by atoms with van der Waals surface area (Å²) in [6.45, 7) is 1.17. The third kappa shape index (κ3) is 4.82. The van der Waals surface area contributed by atoms with Gasteiger partial charge in [0.25, 0.3) is 0 Å². The van der Waals surface area contributed by atoms with Gasteiger partial charge in [-0.3, -0.25) is 0 Å². The van der Waals surface area contributed by atoms with Crippen LogP contribution in [0, 0.1) is 6.92 Å². The highest BCUT2D eigenvalue weighted by atomic mass is 35.5. The predicted octanol–water partition coefficient (Wildman–Crippen LogP) is 2.02. The van der Waals surface area contributed by atoms with E-state index in [1.807, 2.05) is 0 Å². The Morgan fingerprint density at radius 2 is 1.95 bits per heavy atom. The predicted molar refractivity (Wildman–Crippen MR) is 79.5 cm³/mol. The molecular formula is C12H15Cl2NO5S. The van der Waals surface area contributed by atoms with Gasteiger partial charge in [-0.15, -0.1) is 0 Å². The molecule has 0 amide bonds. The first-order valence-corrected chi connectivity index (χ1v) is 8.07. The molecule has 21 heavy (non-hydrogen) atoms. The van der Waals surface area contributed by atoms with Gasteiger partial charge in [-0.2, -0.15) is 4.31 Å². The van der Waals surface area contributed by atoms with Crippen LogP contribution in [0.4, 0.5) is 0 Å². The van der Waals surface area contributed by atoms with E-state index in [4.69, 9.17) is 33.0 Å². The molecule has 0 unspecified atom stereocenters. The molecule has 1 rings (SSSR count). The number of likely N-dealkylation sites (N-methyl/N-ethyl adjacent to an activating group) is 1. The van der Waals surface area contributed by atoms with E-state index in [2.05, 4.69) is 0 Å². The summed E-state index contributed by atoms with van der Waals surface area (Å²) in [7, 11) is -2.43. The normalized spacial score (nSPS) is 11.9. The van der Waals surface area contributed by atoms with Gasteiger partial charge in [-0.1, -0.05) is 23.2 Å². The molecular weight excluding hydrogens is 341 g/mol. The number of hydrogen-bond donors (Lipinski definition) is 1. The monoisotopic (exact) mass is 355 g/mol. The molecule has 0 saturated carbocycles. The summed E-state index contributed by atoms with van der Waals surface area (Å²) in [6, 6.07) is 2.77. The molecule has 6 nitrogen and oxygen atoms in total. The minimum atomic E-state index is -3.79. The van der Waals surface area contributed by atoms with Crippen LogP contribution in [0.3, 0.4) is 0 Å². The molecule has 0 saturated heterocycles. The molecule has 1 aromatic rings. The third-order valence-electron chi connectivity index (χ3n) is 2.68. The van der Waals surface area contributed by atoms with Crippen LogP contribution in [-0.4, -0.2) is 50.6 Å². The summed E-state index contributed by atoms with van der Waals surface area (Å²) in [4.78, 5) is 10.2. The van der Waals surface area contributed by atoms with E-state index in [0.29, 0.717) is 10.6 Å². The molecule has 0 heterocycles. The number of aryl methyl sites for hydroxylation is 1. The lowest BCUT2D eigenvalue weighted by molar-refractivity contribution is -0.142.